The number of likely N-dealkylation sites (tertiary alicyclic amines) is 1. The standard InChI is InChI=1S/C17H15N5O2/c1-11-4-2-5-12(8-11)17(23)22-9-13(10-22)16-20-15(21-24-16)14-18-6-3-7-19-14/h2-8,13H,9-10H2,1H3. The van der Waals surface area contributed by atoms with Crippen molar-refractivity contribution in [3.8, 4) is 11.6 Å². The number of nitrogens with zero attached hydrogens (tertiary/aromatic N) is 5. The lowest BCUT2D eigenvalue weighted by atomic mass is 9.98. The first-order valence-corrected chi connectivity index (χ1v) is 7.67. The fraction of sp³-hybridized carbons (Fsp3) is 0.235. The van der Waals surface area contributed by atoms with Crippen molar-refractivity contribution in [2.24, 2.45) is 0 Å². The van der Waals surface area contributed by atoms with Crippen molar-refractivity contribution in [3.63, 3.8) is 0 Å². The van der Waals surface area contributed by atoms with E-state index in [2.05, 4.69) is 20.1 Å². The van der Waals surface area contributed by atoms with Crippen LogP contribution in [0.4, 0.5) is 0 Å². The van der Waals surface area contributed by atoms with E-state index < -0.39 is 0 Å². The Hall–Kier alpha value is -3.09. The van der Waals surface area contributed by atoms with Crippen molar-refractivity contribution in [3.05, 3.63) is 59.7 Å². The van der Waals surface area contributed by atoms with Gasteiger partial charge in [-0.15, -0.1) is 0 Å². The van der Waals surface area contributed by atoms with Gasteiger partial charge < -0.3 is 9.42 Å². The number of hydrogen-bond acceptors (Lipinski definition) is 6. The van der Waals surface area contributed by atoms with Gasteiger partial charge in [-0.2, -0.15) is 4.98 Å². The number of benzene rings is 1. The van der Waals surface area contributed by atoms with E-state index in [1.165, 1.54) is 0 Å². The van der Waals surface area contributed by atoms with Gasteiger partial charge >= 0.3 is 0 Å². The molecule has 24 heavy (non-hydrogen) atoms. The third kappa shape index (κ3) is 2.64. The Morgan fingerprint density at radius 3 is 2.71 bits per heavy atom. The molecule has 7 nitrogen and oxygen atoms in total. The quantitative estimate of drug-likeness (QED) is 0.734. The molecule has 2 aromatic heterocycles. The van der Waals surface area contributed by atoms with Gasteiger partial charge in [0.05, 0.1) is 5.92 Å². The maximum Gasteiger partial charge on any atom is 0.253 e. The van der Waals surface area contributed by atoms with Gasteiger partial charge in [-0.05, 0) is 25.1 Å². The van der Waals surface area contributed by atoms with Crippen LogP contribution in [0, 0.1) is 6.92 Å². The lowest BCUT2D eigenvalue weighted by Gasteiger charge is -2.37. The first-order chi connectivity index (χ1) is 11.7. The van der Waals surface area contributed by atoms with Crippen molar-refractivity contribution in [1.29, 1.82) is 0 Å². The molecule has 0 spiro atoms. The summed E-state index contributed by atoms with van der Waals surface area (Å²) in [6, 6.07) is 9.32. The zero-order valence-electron chi connectivity index (χ0n) is 13.1. The molecule has 0 unspecified atom stereocenters. The van der Waals surface area contributed by atoms with E-state index in [1.807, 2.05) is 31.2 Å². The van der Waals surface area contributed by atoms with E-state index in [4.69, 9.17) is 4.52 Å². The van der Waals surface area contributed by atoms with Crippen LogP contribution in [0.25, 0.3) is 11.6 Å². The minimum absolute atomic E-state index is 0.0288. The zero-order valence-corrected chi connectivity index (χ0v) is 13.1. The highest BCUT2D eigenvalue weighted by Gasteiger charge is 2.36. The zero-order chi connectivity index (χ0) is 16.5. The normalized spacial score (nSPS) is 14.5. The Balaban J connectivity index is 1.43. The van der Waals surface area contributed by atoms with Crippen molar-refractivity contribution >= 4 is 5.91 Å². The molecular formula is C17H15N5O2. The average molecular weight is 321 g/mol. The molecule has 0 radical (unpaired) electrons. The largest absolute Gasteiger partial charge is 0.338 e. The van der Waals surface area contributed by atoms with E-state index in [0.29, 0.717) is 36.2 Å². The smallest absolute Gasteiger partial charge is 0.253 e. The second kappa shape index (κ2) is 5.84. The van der Waals surface area contributed by atoms with Crippen molar-refractivity contribution < 1.29 is 9.32 Å². The molecular weight excluding hydrogens is 306 g/mol. The monoisotopic (exact) mass is 321 g/mol. The Bertz CT molecular complexity index is 871. The fourth-order valence-electron chi connectivity index (χ4n) is 2.67. The van der Waals surface area contributed by atoms with Gasteiger partial charge in [0.25, 0.3) is 5.91 Å². The fourth-order valence-corrected chi connectivity index (χ4v) is 2.67. The molecule has 0 N–H and O–H groups in total. The van der Waals surface area contributed by atoms with Crippen LogP contribution in [0.1, 0.15) is 27.7 Å². The van der Waals surface area contributed by atoms with E-state index in [1.54, 1.807) is 23.4 Å². The van der Waals surface area contributed by atoms with Crippen molar-refractivity contribution in [1.82, 2.24) is 25.0 Å². The molecule has 1 saturated heterocycles. The van der Waals surface area contributed by atoms with Crippen LogP contribution in [-0.4, -0.2) is 44.0 Å². The Morgan fingerprint density at radius 2 is 1.96 bits per heavy atom. The first-order valence-electron chi connectivity index (χ1n) is 7.67. The lowest BCUT2D eigenvalue weighted by Crippen LogP contribution is -2.48. The molecule has 0 bridgehead atoms. The Labute approximate surface area is 138 Å². The number of rotatable bonds is 3. The first kappa shape index (κ1) is 14.5. The average Bonchev–Trinajstić information content (AvgIpc) is 3.04. The minimum Gasteiger partial charge on any atom is -0.338 e. The summed E-state index contributed by atoms with van der Waals surface area (Å²) in [4.78, 5) is 26.7. The van der Waals surface area contributed by atoms with E-state index in [-0.39, 0.29) is 11.8 Å². The van der Waals surface area contributed by atoms with Crippen LogP contribution < -0.4 is 0 Å². The molecule has 7 heteroatoms. The van der Waals surface area contributed by atoms with E-state index >= 15 is 0 Å². The maximum absolute atomic E-state index is 12.4. The molecule has 1 fully saturated rings. The summed E-state index contributed by atoms with van der Waals surface area (Å²) in [6.07, 6.45) is 3.26. The SMILES string of the molecule is Cc1cccc(C(=O)N2CC(c3nc(-c4ncccn4)no3)C2)c1. The molecule has 3 aromatic rings. The van der Waals surface area contributed by atoms with Gasteiger partial charge in [0.2, 0.25) is 17.5 Å². The number of aromatic nitrogens is 4. The van der Waals surface area contributed by atoms with Crippen LogP contribution in [0.2, 0.25) is 0 Å². The minimum atomic E-state index is 0.0288. The topological polar surface area (TPSA) is 85.0 Å². The number of amides is 1. The Morgan fingerprint density at radius 1 is 1.17 bits per heavy atom. The van der Waals surface area contributed by atoms with Crippen LogP contribution in [0.15, 0.2) is 47.2 Å². The summed E-state index contributed by atoms with van der Waals surface area (Å²) in [6.45, 7) is 3.12. The van der Waals surface area contributed by atoms with E-state index in [9.17, 15) is 4.79 Å². The molecule has 0 saturated carbocycles. The highest BCUT2D eigenvalue weighted by atomic mass is 16.5. The summed E-state index contributed by atoms with van der Waals surface area (Å²) in [5, 5.41) is 3.91. The molecule has 0 atom stereocenters. The predicted octanol–water partition coefficient (Wildman–Crippen LogP) is 2.07. The molecule has 1 amide bonds. The molecule has 1 aliphatic rings. The molecule has 3 heterocycles. The van der Waals surface area contributed by atoms with Gasteiger partial charge in [0.15, 0.2) is 0 Å². The third-order valence-electron chi connectivity index (χ3n) is 3.99. The van der Waals surface area contributed by atoms with Gasteiger partial charge in [0, 0.05) is 31.0 Å². The van der Waals surface area contributed by atoms with Gasteiger partial charge in [-0.25, -0.2) is 9.97 Å². The van der Waals surface area contributed by atoms with Crippen LogP contribution in [-0.2, 0) is 0 Å². The summed E-state index contributed by atoms with van der Waals surface area (Å²) in [5.41, 5.74) is 1.78. The van der Waals surface area contributed by atoms with Crippen molar-refractivity contribution in [2.75, 3.05) is 13.1 Å². The number of carbonyl (C=O) groups is 1. The Kier molecular flexibility index (Phi) is 3.53. The van der Waals surface area contributed by atoms with Gasteiger partial charge in [-0.1, -0.05) is 22.9 Å². The molecule has 4 rings (SSSR count). The van der Waals surface area contributed by atoms with Crippen LogP contribution in [0.3, 0.4) is 0 Å². The molecule has 120 valence electrons. The van der Waals surface area contributed by atoms with Gasteiger partial charge in [-0.3, -0.25) is 4.79 Å². The molecule has 1 aromatic carbocycles. The summed E-state index contributed by atoms with van der Waals surface area (Å²) >= 11 is 0. The predicted molar refractivity (Wildman–Crippen MR) is 85.1 cm³/mol. The van der Waals surface area contributed by atoms with E-state index in [0.717, 1.165) is 5.56 Å². The second-order valence-electron chi connectivity index (χ2n) is 5.81. The summed E-state index contributed by atoms with van der Waals surface area (Å²) < 4.78 is 5.30. The second-order valence-corrected chi connectivity index (χ2v) is 5.81. The molecule has 0 aliphatic carbocycles. The highest BCUT2D eigenvalue weighted by Crippen LogP contribution is 2.28. The van der Waals surface area contributed by atoms with Crippen LogP contribution >= 0.6 is 0 Å². The lowest BCUT2D eigenvalue weighted by molar-refractivity contribution is 0.0569. The number of aryl methyl sites for hydroxylation is 1. The van der Waals surface area contributed by atoms with Crippen LogP contribution in [0.5, 0.6) is 0 Å². The third-order valence-corrected chi connectivity index (χ3v) is 3.99. The maximum atomic E-state index is 12.4. The summed E-state index contributed by atoms with van der Waals surface area (Å²) in [7, 11) is 0. The number of carbonyl (C=O) groups excluding carboxylic acids is 1. The van der Waals surface area contributed by atoms with Gasteiger partial charge in [0.1, 0.15) is 0 Å². The van der Waals surface area contributed by atoms with Crippen molar-refractivity contribution in [2.45, 2.75) is 12.8 Å². The summed E-state index contributed by atoms with van der Waals surface area (Å²) in [5.74, 6) is 1.41. The number of hydrogen-bond donors (Lipinski definition) is 0. The highest BCUT2D eigenvalue weighted by molar-refractivity contribution is 5.95. The molecule has 1 aliphatic heterocycles.